The number of rotatable bonds is 3. The van der Waals surface area contributed by atoms with Gasteiger partial charge in [0.05, 0.1) is 17.8 Å². The lowest BCUT2D eigenvalue weighted by Gasteiger charge is -2.32. The second-order valence-electron chi connectivity index (χ2n) is 7.03. The Bertz CT molecular complexity index is 592. The summed E-state index contributed by atoms with van der Waals surface area (Å²) in [6.07, 6.45) is 1.93. The molecule has 120 valence electrons. The highest BCUT2D eigenvalue weighted by atomic mass is 16.7. The maximum atomic E-state index is 9.75. The minimum atomic E-state index is -0.535. The second-order valence-corrected chi connectivity index (χ2v) is 7.03. The van der Waals surface area contributed by atoms with Gasteiger partial charge in [-0.15, -0.1) is 0 Å². The van der Waals surface area contributed by atoms with E-state index in [1.807, 2.05) is 59.8 Å². The van der Waals surface area contributed by atoms with Gasteiger partial charge in [-0.05, 0) is 75.8 Å². The van der Waals surface area contributed by atoms with Crippen molar-refractivity contribution in [3.8, 4) is 0 Å². The molecule has 1 heterocycles. The van der Waals surface area contributed by atoms with Crippen LogP contribution in [0.15, 0.2) is 17.6 Å². The minimum absolute atomic E-state index is 0.111. The molecule has 0 spiro atoms. The fourth-order valence-electron chi connectivity index (χ4n) is 2.40. The molecule has 1 aromatic rings. The quantitative estimate of drug-likeness (QED) is 0.665. The van der Waals surface area contributed by atoms with Crippen LogP contribution < -0.4 is 5.73 Å². The summed E-state index contributed by atoms with van der Waals surface area (Å²) in [7, 11) is -0.535. The number of anilines is 1. The number of hydrogen-bond donors (Lipinski definition) is 2. The number of benzene rings is 1. The molecule has 3 N–H and O–H groups in total. The van der Waals surface area contributed by atoms with Crippen LogP contribution in [0.4, 0.5) is 5.69 Å². The number of aliphatic hydroxyl groups is 1. The summed E-state index contributed by atoms with van der Waals surface area (Å²) < 4.78 is 12.0. The van der Waals surface area contributed by atoms with Crippen molar-refractivity contribution in [2.75, 3.05) is 12.3 Å². The minimum Gasteiger partial charge on any atom is -0.400 e. The molecule has 1 aliphatic rings. The Morgan fingerprint density at radius 2 is 1.68 bits per heavy atom. The molecule has 0 radical (unpaired) electrons. The number of nitrogen functional groups attached to an aromatic ring is 1. The van der Waals surface area contributed by atoms with Gasteiger partial charge in [0.2, 0.25) is 0 Å². The van der Waals surface area contributed by atoms with Gasteiger partial charge in [-0.25, -0.2) is 0 Å². The summed E-state index contributed by atoms with van der Waals surface area (Å²) in [5.74, 6) is 0. The Balaban J connectivity index is 2.36. The highest BCUT2D eigenvalue weighted by Crippen LogP contribution is 2.38. The van der Waals surface area contributed by atoms with Crippen LogP contribution in [-0.2, 0) is 9.31 Å². The Morgan fingerprint density at radius 1 is 1.14 bits per heavy atom. The second kappa shape index (κ2) is 5.72. The number of aryl methyl sites for hydroxylation is 2. The van der Waals surface area contributed by atoms with Crippen molar-refractivity contribution in [2.45, 2.75) is 52.7 Å². The maximum absolute atomic E-state index is 9.75. The third-order valence-electron chi connectivity index (χ3n) is 4.73. The lowest BCUT2D eigenvalue weighted by atomic mass is 9.77. The summed E-state index contributed by atoms with van der Waals surface area (Å²) in [4.78, 5) is 0. The van der Waals surface area contributed by atoms with Gasteiger partial charge in [0.15, 0.2) is 0 Å². The largest absolute Gasteiger partial charge is 0.492 e. The van der Waals surface area contributed by atoms with Crippen LogP contribution >= 0.6 is 0 Å². The predicted octanol–water partition coefficient (Wildman–Crippen LogP) is 2.89. The molecule has 22 heavy (non-hydrogen) atoms. The van der Waals surface area contributed by atoms with Crippen molar-refractivity contribution in [3.05, 3.63) is 34.3 Å². The summed E-state index contributed by atoms with van der Waals surface area (Å²) >= 11 is 0. The molecule has 2 rings (SSSR count). The lowest BCUT2D eigenvalue weighted by molar-refractivity contribution is 0.00578. The van der Waals surface area contributed by atoms with E-state index < -0.39 is 18.3 Å². The molecule has 5 heteroatoms. The molecular weight excluding hydrogens is 277 g/mol. The number of hydrogen-bond acceptors (Lipinski definition) is 4. The van der Waals surface area contributed by atoms with Crippen LogP contribution in [0.2, 0.25) is 0 Å². The normalized spacial score (nSPS) is 20.5. The molecular formula is C17H26BNO3. The molecule has 0 amide bonds. The van der Waals surface area contributed by atoms with E-state index >= 15 is 0 Å². The molecule has 0 aromatic heterocycles. The molecule has 4 nitrogen and oxygen atoms in total. The van der Waals surface area contributed by atoms with E-state index in [1.165, 1.54) is 0 Å². The zero-order chi connectivity index (χ0) is 16.7. The monoisotopic (exact) mass is 303 g/mol. The molecule has 1 aliphatic heterocycles. The summed E-state index contributed by atoms with van der Waals surface area (Å²) in [6, 6.07) is 3.96. The van der Waals surface area contributed by atoms with Crippen molar-refractivity contribution in [3.63, 3.8) is 0 Å². The average molecular weight is 303 g/mol. The van der Waals surface area contributed by atoms with Crippen molar-refractivity contribution >= 4 is 18.9 Å². The average Bonchev–Trinajstić information content (AvgIpc) is 2.61. The summed E-state index contributed by atoms with van der Waals surface area (Å²) in [6.45, 7) is 11.9. The number of nitrogens with two attached hydrogens (primary N) is 1. The molecule has 0 aliphatic carbocycles. The standard InChI is InChI=1S/C17H26BNO3/c1-11-8-15(19)12(2)7-13(11)9-14(10-20)18-21-16(3,4)17(5,6)22-18/h7-9,20H,10,19H2,1-6H3. The Labute approximate surface area is 133 Å². The van der Waals surface area contributed by atoms with Crippen molar-refractivity contribution in [1.82, 2.24) is 0 Å². The van der Waals surface area contributed by atoms with Crippen molar-refractivity contribution in [2.24, 2.45) is 0 Å². The molecule has 1 fully saturated rings. The Hall–Kier alpha value is -1.30. The van der Waals surface area contributed by atoms with Crippen molar-refractivity contribution < 1.29 is 14.4 Å². The zero-order valence-corrected chi connectivity index (χ0v) is 14.4. The predicted molar refractivity (Wildman–Crippen MR) is 91.5 cm³/mol. The van der Waals surface area contributed by atoms with Crippen molar-refractivity contribution in [1.29, 1.82) is 0 Å². The van der Waals surface area contributed by atoms with Crippen LogP contribution in [0, 0.1) is 13.8 Å². The third-order valence-corrected chi connectivity index (χ3v) is 4.73. The van der Waals surface area contributed by atoms with E-state index in [0.717, 1.165) is 22.4 Å². The Morgan fingerprint density at radius 3 is 2.18 bits per heavy atom. The first-order valence-corrected chi connectivity index (χ1v) is 7.61. The summed E-state index contributed by atoms with van der Waals surface area (Å²) in [5.41, 5.74) is 9.67. The zero-order valence-electron chi connectivity index (χ0n) is 14.4. The summed E-state index contributed by atoms with van der Waals surface area (Å²) in [5, 5.41) is 9.75. The first-order valence-electron chi connectivity index (χ1n) is 7.61. The van der Waals surface area contributed by atoms with E-state index in [0.29, 0.717) is 5.47 Å². The van der Waals surface area contributed by atoms with Gasteiger partial charge in [0.25, 0.3) is 0 Å². The van der Waals surface area contributed by atoms with E-state index in [4.69, 9.17) is 15.0 Å². The van der Waals surface area contributed by atoms with Gasteiger partial charge in [0, 0.05) is 5.69 Å². The van der Waals surface area contributed by atoms with Crippen LogP contribution in [0.5, 0.6) is 0 Å². The van der Waals surface area contributed by atoms with E-state index in [1.54, 1.807) is 0 Å². The molecule has 1 saturated heterocycles. The van der Waals surface area contributed by atoms with Crippen LogP contribution in [-0.4, -0.2) is 30.0 Å². The molecule has 0 unspecified atom stereocenters. The van der Waals surface area contributed by atoms with Gasteiger partial charge >= 0.3 is 7.12 Å². The van der Waals surface area contributed by atoms with Gasteiger partial charge in [-0.1, -0.05) is 6.08 Å². The molecule has 0 bridgehead atoms. The molecule has 0 saturated carbocycles. The highest BCUT2D eigenvalue weighted by molar-refractivity contribution is 6.55. The van der Waals surface area contributed by atoms with Gasteiger partial charge in [-0.3, -0.25) is 0 Å². The maximum Gasteiger partial charge on any atom is 0.492 e. The first-order chi connectivity index (χ1) is 10.1. The van der Waals surface area contributed by atoms with E-state index in [2.05, 4.69) is 0 Å². The number of aliphatic hydroxyl groups excluding tert-OH is 1. The van der Waals surface area contributed by atoms with Crippen LogP contribution in [0.3, 0.4) is 0 Å². The smallest absolute Gasteiger partial charge is 0.400 e. The fraction of sp³-hybridized carbons (Fsp3) is 0.529. The van der Waals surface area contributed by atoms with Crippen LogP contribution in [0.25, 0.3) is 6.08 Å². The van der Waals surface area contributed by atoms with Gasteiger partial charge in [-0.2, -0.15) is 0 Å². The fourth-order valence-corrected chi connectivity index (χ4v) is 2.40. The topological polar surface area (TPSA) is 64.7 Å². The first kappa shape index (κ1) is 17.1. The molecule has 0 atom stereocenters. The third kappa shape index (κ3) is 3.07. The van der Waals surface area contributed by atoms with Crippen LogP contribution in [0.1, 0.15) is 44.4 Å². The highest BCUT2D eigenvalue weighted by Gasteiger charge is 2.52. The van der Waals surface area contributed by atoms with Gasteiger partial charge < -0.3 is 20.1 Å². The van der Waals surface area contributed by atoms with Gasteiger partial charge in [0.1, 0.15) is 0 Å². The molecule has 1 aromatic carbocycles. The lowest BCUT2D eigenvalue weighted by Crippen LogP contribution is -2.41. The SMILES string of the molecule is Cc1cc(C=C(CO)B2OC(C)(C)C(C)(C)O2)c(C)cc1N. The Kier molecular flexibility index (Phi) is 4.44. The van der Waals surface area contributed by atoms with E-state index in [-0.39, 0.29) is 6.61 Å². The van der Waals surface area contributed by atoms with E-state index in [9.17, 15) is 5.11 Å².